The number of carbonyl (C=O) groups excluding carboxylic acids is 2. The third-order valence-corrected chi connectivity index (χ3v) is 4.05. The molecule has 2 aromatic rings. The first-order chi connectivity index (χ1) is 9.65. The number of benzene rings is 2. The monoisotopic (exact) mass is 307 g/mol. The number of imide groups is 1. The van der Waals surface area contributed by atoms with Gasteiger partial charge in [0.15, 0.2) is 0 Å². The van der Waals surface area contributed by atoms with E-state index in [0.717, 1.165) is 5.39 Å². The van der Waals surface area contributed by atoms with Crippen molar-refractivity contribution in [2.45, 2.75) is 6.42 Å². The molecule has 0 atom stereocenters. The summed E-state index contributed by atoms with van der Waals surface area (Å²) in [6.07, 6.45) is 0.581. The van der Waals surface area contributed by atoms with Crippen LogP contribution in [0.4, 0.5) is 0 Å². The Hall–Kier alpha value is -1.58. The minimum absolute atomic E-state index is 0.277. The van der Waals surface area contributed by atoms with Crippen molar-refractivity contribution in [2.24, 2.45) is 0 Å². The fraction of sp³-hybridized carbons (Fsp3) is 0.200. The summed E-state index contributed by atoms with van der Waals surface area (Å²) in [5, 5.41) is 1.93. The molecule has 2 aromatic carbocycles. The van der Waals surface area contributed by atoms with Crippen LogP contribution in [-0.2, 0) is 0 Å². The van der Waals surface area contributed by atoms with Gasteiger partial charge in [0.05, 0.1) is 0 Å². The second-order valence-electron chi connectivity index (χ2n) is 4.63. The molecule has 3 rings (SSSR count). The van der Waals surface area contributed by atoms with Crippen molar-refractivity contribution in [1.29, 1.82) is 0 Å². The predicted octanol–water partition coefficient (Wildman–Crippen LogP) is 3.72. The van der Waals surface area contributed by atoms with Crippen LogP contribution in [0.5, 0.6) is 0 Å². The minimum Gasteiger partial charge on any atom is -0.274 e. The molecule has 2 amide bonds. The molecule has 0 unspecified atom stereocenters. The van der Waals surface area contributed by atoms with Gasteiger partial charge in [-0.15, -0.1) is 11.6 Å². The maximum Gasteiger partial charge on any atom is 0.261 e. The molecule has 5 heteroatoms. The third-order valence-electron chi connectivity index (χ3n) is 3.45. The van der Waals surface area contributed by atoms with E-state index in [9.17, 15) is 9.59 Å². The summed E-state index contributed by atoms with van der Waals surface area (Å²) in [5.41, 5.74) is 1.04. The Morgan fingerprint density at radius 3 is 2.40 bits per heavy atom. The van der Waals surface area contributed by atoms with Crippen LogP contribution in [0.1, 0.15) is 27.1 Å². The summed E-state index contributed by atoms with van der Waals surface area (Å²) in [7, 11) is 0. The number of nitrogens with zero attached hydrogens (tertiary/aromatic N) is 1. The van der Waals surface area contributed by atoms with Crippen LogP contribution in [0.2, 0.25) is 5.02 Å². The van der Waals surface area contributed by atoms with Crippen LogP contribution in [0.15, 0.2) is 30.3 Å². The highest BCUT2D eigenvalue weighted by Crippen LogP contribution is 2.34. The van der Waals surface area contributed by atoms with Gasteiger partial charge >= 0.3 is 0 Å². The first-order valence-electron chi connectivity index (χ1n) is 6.28. The molecule has 0 bridgehead atoms. The van der Waals surface area contributed by atoms with Crippen molar-refractivity contribution in [3.63, 3.8) is 0 Å². The first kappa shape index (κ1) is 13.4. The Morgan fingerprint density at radius 1 is 1.00 bits per heavy atom. The topological polar surface area (TPSA) is 37.4 Å². The zero-order chi connectivity index (χ0) is 14.3. The smallest absolute Gasteiger partial charge is 0.261 e. The average Bonchev–Trinajstić information content (AvgIpc) is 2.46. The van der Waals surface area contributed by atoms with Gasteiger partial charge in [0.1, 0.15) is 0 Å². The Balaban J connectivity index is 2.23. The predicted molar refractivity (Wildman–Crippen MR) is 79.7 cm³/mol. The molecule has 0 aromatic heterocycles. The minimum atomic E-state index is -0.277. The molecular weight excluding hydrogens is 297 g/mol. The number of hydrogen-bond donors (Lipinski definition) is 0. The Morgan fingerprint density at radius 2 is 1.70 bits per heavy atom. The number of amides is 2. The van der Waals surface area contributed by atoms with Gasteiger partial charge in [-0.05, 0) is 24.6 Å². The Kier molecular flexibility index (Phi) is 3.40. The molecule has 0 N–H and O–H groups in total. The second kappa shape index (κ2) is 5.08. The molecule has 1 heterocycles. The number of carbonyl (C=O) groups is 2. The Labute approximate surface area is 126 Å². The van der Waals surface area contributed by atoms with Crippen molar-refractivity contribution in [3.05, 3.63) is 46.5 Å². The van der Waals surface area contributed by atoms with E-state index in [-0.39, 0.29) is 11.8 Å². The quantitative estimate of drug-likeness (QED) is 0.640. The lowest BCUT2D eigenvalue weighted by Crippen LogP contribution is -2.41. The van der Waals surface area contributed by atoms with E-state index < -0.39 is 0 Å². The molecule has 3 nitrogen and oxygen atoms in total. The molecule has 0 fully saturated rings. The fourth-order valence-electron chi connectivity index (χ4n) is 2.53. The Bertz CT molecular complexity index is 705. The highest BCUT2D eigenvalue weighted by Gasteiger charge is 2.32. The highest BCUT2D eigenvalue weighted by atomic mass is 35.5. The molecule has 0 spiro atoms. The molecule has 102 valence electrons. The van der Waals surface area contributed by atoms with E-state index in [4.69, 9.17) is 23.2 Å². The lowest BCUT2D eigenvalue weighted by Gasteiger charge is -2.27. The fourth-order valence-corrected chi connectivity index (χ4v) is 2.87. The van der Waals surface area contributed by atoms with Gasteiger partial charge in [0.25, 0.3) is 11.8 Å². The van der Waals surface area contributed by atoms with E-state index in [1.807, 2.05) is 6.07 Å². The molecule has 0 saturated heterocycles. The lowest BCUT2D eigenvalue weighted by molar-refractivity contribution is 0.0611. The standard InChI is InChI=1S/C15H11Cl2NO2/c16-7-2-8-18-14(19)10-4-1-3-9-12(17)6-5-11(13(9)10)15(18)20/h1,3-6H,2,7-8H2. The molecule has 0 aliphatic carbocycles. The first-order valence-corrected chi connectivity index (χ1v) is 7.20. The summed E-state index contributed by atoms with van der Waals surface area (Å²) in [6, 6.07) is 8.69. The van der Waals surface area contributed by atoms with Crippen LogP contribution in [-0.4, -0.2) is 29.1 Å². The maximum absolute atomic E-state index is 12.4. The number of halogens is 2. The van der Waals surface area contributed by atoms with Crippen LogP contribution in [0, 0.1) is 0 Å². The van der Waals surface area contributed by atoms with Gasteiger partial charge in [-0.3, -0.25) is 14.5 Å². The second-order valence-corrected chi connectivity index (χ2v) is 5.41. The van der Waals surface area contributed by atoms with E-state index in [0.29, 0.717) is 40.4 Å². The molecule has 1 aliphatic heterocycles. The number of rotatable bonds is 3. The van der Waals surface area contributed by atoms with E-state index >= 15 is 0 Å². The largest absolute Gasteiger partial charge is 0.274 e. The van der Waals surface area contributed by atoms with Crippen LogP contribution in [0.25, 0.3) is 10.8 Å². The molecule has 0 radical (unpaired) electrons. The summed E-state index contributed by atoms with van der Waals surface area (Å²) in [4.78, 5) is 26.2. The highest BCUT2D eigenvalue weighted by molar-refractivity contribution is 6.38. The number of alkyl halides is 1. The molecular formula is C15H11Cl2NO2. The maximum atomic E-state index is 12.4. The van der Waals surface area contributed by atoms with Crippen molar-refractivity contribution < 1.29 is 9.59 Å². The lowest BCUT2D eigenvalue weighted by atomic mass is 9.94. The number of hydrogen-bond acceptors (Lipinski definition) is 2. The van der Waals surface area contributed by atoms with Crippen LogP contribution in [0.3, 0.4) is 0 Å². The van der Waals surface area contributed by atoms with Crippen molar-refractivity contribution in [2.75, 3.05) is 12.4 Å². The van der Waals surface area contributed by atoms with E-state index in [1.54, 1.807) is 24.3 Å². The zero-order valence-electron chi connectivity index (χ0n) is 10.5. The van der Waals surface area contributed by atoms with Crippen LogP contribution >= 0.6 is 23.2 Å². The normalized spacial score (nSPS) is 14.2. The summed E-state index contributed by atoms with van der Waals surface area (Å²) in [5.74, 6) is -0.143. The SMILES string of the molecule is O=C1c2cccc3c(Cl)ccc(c23)C(=O)N1CCCCl. The third kappa shape index (κ3) is 1.89. The van der Waals surface area contributed by atoms with Crippen molar-refractivity contribution in [3.8, 4) is 0 Å². The van der Waals surface area contributed by atoms with Gasteiger partial charge in [-0.2, -0.15) is 0 Å². The van der Waals surface area contributed by atoms with Crippen molar-refractivity contribution in [1.82, 2.24) is 4.90 Å². The van der Waals surface area contributed by atoms with Gasteiger partial charge in [-0.25, -0.2) is 0 Å². The van der Waals surface area contributed by atoms with Crippen molar-refractivity contribution >= 4 is 45.8 Å². The van der Waals surface area contributed by atoms with Gasteiger partial charge in [0, 0.05) is 39.3 Å². The van der Waals surface area contributed by atoms with Gasteiger partial charge in [-0.1, -0.05) is 23.7 Å². The average molecular weight is 308 g/mol. The van der Waals surface area contributed by atoms with E-state index in [2.05, 4.69) is 0 Å². The molecule has 1 aliphatic rings. The summed E-state index contributed by atoms with van der Waals surface area (Å²) >= 11 is 11.8. The summed E-state index contributed by atoms with van der Waals surface area (Å²) in [6.45, 7) is 0.333. The van der Waals surface area contributed by atoms with E-state index in [1.165, 1.54) is 4.90 Å². The zero-order valence-corrected chi connectivity index (χ0v) is 12.0. The van der Waals surface area contributed by atoms with Gasteiger partial charge < -0.3 is 0 Å². The molecule has 20 heavy (non-hydrogen) atoms. The van der Waals surface area contributed by atoms with Crippen LogP contribution < -0.4 is 0 Å². The summed E-state index contributed by atoms with van der Waals surface area (Å²) < 4.78 is 0. The van der Waals surface area contributed by atoms with Gasteiger partial charge in [0.2, 0.25) is 0 Å². The molecule has 0 saturated carbocycles.